The Morgan fingerprint density at radius 3 is 2.68 bits per heavy atom. The molecule has 1 aliphatic heterocycles. The normalized spacial score (nSPS) is 18.8. The van der Waals surface area contributed by atoms with E-state index in [1.54, 1.807) is 49.5 Å². The highest BCUT2D eigenvalue weighted by Crippen LogP contribution is 2.28. The highest BCUT2D eigenvalue weighted by atomic mass is 79.9. The van der Waals surface area contributed by atoms with E-state index in [9.17, 15) is 8.42 Å². The summed E-state index contributed by atoms with van der Waals surface area (Å²) < 4.78 is 33.1. The third kappa shape index (κ3) is 6.41. The van der Waals surface area contributed by atoms with E-state index in [4.69, 9.17) is 16.3 Å². The van der Waals surface area contributed by atoms with Gasteiger partial charge < -0.3 is 4.74 Å². The van der Waals surface area contributed by atoms with Crippen LogP contribution in [0, 0.1) is 0 Å². The van der Waals surface area contributed by atoms with Crippen molar-refractivity contribution >= 4 is 50.5 Å². The number of sulfonamides is 1. The molecule has 0 N–H and O–H groups in total. The van der Waals surface area contributed by atoms with Gasteiger partial charge in [-0.15, -0.1) is 18.2 Å². The maximum atomic E-state index is 13.1. The van der Waals surface area contributed by atoms with Gasteiger partial charge >= 0.3 is 0 Å². The van der Waals surface area contributed by atoms with E-state index in [1.165, 1.54) is 6.20 Å². The van der Waals surface area contributed by atoms with Crippen molar-refractivity contribution in [2.45, 2.75) is 24.3 Å². The lowest BCUT2D eigenvalue weighted by Gasteiger charge is -2.22. The number of hydrazone groups is 1. The molecule has 0 aromatic heterocycles. The van der Waals surface area contributed by atoms with Crippen molar-refractivity contribution in [1.82, 2.24) is 4.41 Å². The number of hydrogen-bond donors (Lipinski definition) is 0. The molecule has 0 saturated carbocycles. The van der Waals surface area contributed by atoms with E-state index in [0.717, 1.165) is 21.1 Å². The van der Waals surface area contributed by atoms with Crippen LogP contribution < -0.4 is 0 Å². The van der Waals surface area contributed by atoms with Gasteiger partial charge in [-0.2, -0.15) is 17.9 Å². The molecular formula is C22H25BrClN3O3S. The van der Waals surface area contributed by atoms with Crippen LogP contribution in [-0.2, 0) is 14.8 Å². The minimum Gasteiger partial charge on any atom is -0.491 e. The fourth-order valence-electron chi connectivity index (χ4n) is 2.94. The Morgan fingerprint density at radius 2 is 2.10 bits per heavy atom. The lowest BCUT2D eigenvalue weighted by atomic mass is 10.0. The molecule has 1 unspecified atom stereocenters. The molecule has 1 heterocycles. The summed E-state index contributed by atoms with van der Waals surface area (Å²) in [5.74, 6) is 0.907. The van der Waals surface area contributed by atoms with Crippen LogP contribution >= 0.6 is 27.5 Å². The molecule has 1 aliphatic rings. The van der Waals surface area contributed by atoms with Gasteiger partial charge in [0.1, 0.15) is 12.4 Å². The predicted molar refractivity (Wildman–Crippen MR) is 131 cm³/mol. The zero-order valence-electron chi connectivity index (χ0n) is 17.2. The van der Waals surface area contributed by atoms with Crippen molar-refractivity contribution in [3.63, 3.8) is 0 Å². The van der Waals surface area contributed by atoms with Crippen LogP contribution in [0.4, 0.5) is 0 Å². The van der Waals surface area contributed by atoms with Gasteiger partial charge in [-0.1, -0.05) is 51.9 Å². The van der Waals surface area contributed by atoms with Gasteiger partial charge in [-0.05, 0) is 37.8 Å². The zero-order valence-corrected chi connectivity index (χ0v) is 20.4. The first-order chi connectivity index (χ1) is 14.9. The molecule has 1 atom stereocenters. The molecule has 166 valence electrons. The molecule has 0 aliphatic carbocycles. The van der Waals surface area contributed by atoms with Crippen LogP contribution in [-0.4, -0.2) is 49.6 Å². The van der Waals surface area contributed by atoms with Crippen LogP contribution in [0.2, 0.25) is 0 Å². The van der Waals surface area contributed by atoms with E-state index in [0.29, 0.717) is 23.4 Å². The molecule has 6 nitrogen and oxygen atoms in total. The molecule has 0 spiro atoms. The third-order valence-electron chi connectivity index (χ3n) is 4.49. The Hall–Kier alpha value is -2.16. The summed E-state index contributed by atoms with van der Waals surface area (Å²) in [5, 5.41) is 4.67. The molecule has 31 heavy (non-hydrogen) atoms. The van der Waals surface area contributed by atoms with Gasteiger partial charge in [0.2, 0.25) is 0 Å². The lowest BCUT2D eigenvalue weighted by Crippen LogP contribution is -2.32. The third-order valence-corrected chi connectivity index (χ3v) is 7.15. The molecule has 0 amide bonds. The van der Waals surface area contributed by atoms with Gasteiger partial charge in [0, 0.05) is 11.5 Å². The molecule has 1 aromatic rings. The Balaban J connectivity index is 2.44. The number of alkyl halides is 2. The van der Waals surface area contributed by atoms with Gasteiger partial charge in [-0.3, -0.25) is 4.99 Å². The predicted octanol–water partition coefficient (Wildman–Crippen LogP) is 5.06. The fraction of sp³-hybridized carbons (Fsp3) is 0.273. The Kier molecular flexibility index (Phi) is 9.74. The number of aliphatic imine (C=N–C) groups is 1. The van der Waals surface area contributed by atoms with Crippen molar-refractivity contribution in [1.29, 1.82) is 0 Å². The maximum Gasteiger partial charge on any atom is 0.279 e. The zero-order chi connectivity index (χ0) is 22.9. The number of hydrogen-bond acceptors (Lipinski definition) is 5. The molecule has 1 aromatic carbocycles. The summed E-state index contributed by atoms with van der Waals surface area (Å²) in [7, 11) is -3.79. The monoisotopic (exact) mass is 525 g/mol. The van der Waals surface area contributed by atoms with Crippen molar-refractivity contribution in [3.05, 3.63) is 77.7 Å². The first kappa shape index (κ1) is 25.1. The summed E-state index contributed by atoms with van der Waals surface area (Å²) in [6.45, 7) is 9.18. The highest BCUT2D eigenvalue weighted by Gasteiger charge is 2.34. The molecule has 0 saturated heterocycles. The van der Waals surface area contributed by atoms with E-state index in [1.807, 2.05) is 6.08 Å². The summed E-state index contributed by atoms with van der Waals surface area (Å²) in [4.78, 5) is 3.92. The topological polar surface area (TPSA) is 71.3 Å². The number of rotatable bonds is 11. The molecule has 0 radical (unpaired) electrons. The number of benzene rings is 1. The number of nitrogens with zero attached hydrogens (tertiary/aromatic N) is 3. The van der Waals surface area contributed by atoms with Crippen molar-refractivity contribution < 1.29 is 13.2 Å². The van der Waals surface area contributed by atoms with Crippen molar-refractivity contribution in [2.24, 2.45) is 10.1 Å². The molecule has 2 rings (SSSR count). The summed E-state index contributed by atoms with van der Waals surface area (Å²) in [5.41, 5.74) is 2.43. The van der Waals surface area contributed by atoms with Gasteiger partial charge in [0.25, 0.3) is 10.0 Å². The summed E-state index contributed by atoms with van der Waals surface area (Å²) >= 11 is 9.45. The van der Waals surface area contributed by atoms with Crippen LogP contribution in [0.3, 0.4) is 0 Å². The second-order valence-electron chi connectivity index (χ2n) is 6.62. The molecule has 9 heteroatoms. The van der Waals surface area contributed by atoms with E-state index in [2.05, 4.69) is 39.3 Å². The van der Waals surface area contributed by atoms with Gasteiger partial charge in [0.05, 0.1) is 28.7 Å². The minimum absolute atomic E-state index is 0.184. The Labute approximate surface area is 197 Å². The molecule has 0 fully saturated rings. The largest absolute Gasteiger partial charge is 0.491 e. The first-order valence-corrected chi connectivity index (χ1v) is 12.5. The number of allylic oxidation sites excluding steroid dienone is 3. The lowest BCUT2D eigenvalue weighted by molar-refractivity contribution is 0.244. The second kappa shape index (κ2) is 12.0. The van der Waals surface area contributed by atoms with Crippen LogP contribution in [0.15, 0.2) is 92.7 Å². The Morgan fingerprint density at radius 1 is 1.39 bits per heavy atom. The quantitative estimate of drug-likeness (QED) is 0.175. The number of halogens is 2. The fourth-order valence-corrected chi connectivity index (χ4v) is 4.85. The van der Waals surface area contributed by atoms with Crippen LogP contribution in [0.5, 0.6) is 0 Å². The van der Waals surface area contributed by atoms with E-state index >= 15 is 0 Å². The van der Waals surface area contributed by atoms with Gasteiger partial charge in [-0.25, -0.2) is 0 Å². The van der Waals surface area contributed by atoms with Gasteiger partial charge in [0.15, 0.2) is 0 Å². The van der Waals surface area contributed by atoms with Crippen LogP contribution in [0.1, 0.15) is 13.3 Å². The van der Waals surface area contributed by atoms with E-state index in [-0.39, 0.29) is 11.5 Å². The van der Waals surface area contributed by atoms with Crippen molar-refractivity contribution in [2.75, 3.05) is 17.8 Å². The van der Waals surface area contributed by atoms with Crippen molar-refractivity contribution in [3.8, 4) is 0 Å². The summed E-state index contributed by atoms with van der Waals surface area (Å²) in [6, 6.07) is 7.71. The minimum atomic E-state index is -3.79. The van der Waals surface area contributed by atoms with E-state index < -0.39 is 16.1 Å². The number of ether oxygens (including phenoxy) is 1. The standard InChI is InChI=1S/C22H25BrClN3O3S/c1-4-8-18(13-24)11-19(16-30-20(12-23)14-25-3)22-15-26-27(17(22)2)31(28,29)21-9-6-5-7-10-21/h4-7,9-11,14-15,17H,1,3,8,12-13,16H2,2H3/b18-11+,20-14-,22-19+. The smallest absolute Gasteiger partial charge is 0.279 e. The average Bonchev–Trinajstić information content (AvgIpc) is 3.17. The molecule has 0 bridgehead atoms. The highest BCUT2D eigenvalue weighted by molar-refractivity contribution is 9.09. The first-order valence-electron chi connectivity index (χ1n) is 9.45. The maximum absolute atomic E-state index is 13.1. The SMILES string of the molecule is C=CC/C(=C\C(CO/C(=C\N=C)CBr)=C1\C=NN(S(=O)(=O)c2ccccc2)C1C)CCl. The molecular weight excluding hydrogens is 502 g/mol. The van der Waals surface area contributed by atoms with Crippen LogP contribution in [0.25, 0.3) is 0 Å². The Bertz CT molecular complexity index is 1020. The second-order valence-corrected chi connectivity index (χ2v) is 9.24. The summed E-state index contributed by atoms with van der Waals surface area (Å²) in [6.07, 6.45) is 7.36. The average molecular weight is 527 g/mol.